The zero-order chi connectivity index (χ0) is 18.5. The van der Waals surface area contributed by atoms with Crippen molar-refractivity contribution in [3.63, 3.8) is 0 Å². The smallest absolute Gasteiger partial charge is 0.271 e. The number of carbonyl (C=O) groups is 2. The monoisotopic (exact) mass is 357 g/mol. The minimum atomic E-state index is -0.236. The summed E-state index contributed by atoms with van der Waals surface area (Å²) in [7, 11) is 0. The van der Waals surface area contributed by atoms with Gasteiger partial charge in [-0.1, -0.05) is 13.8 Å². The van der Waals surface area contributed by atoms with Crippen LogP contribution in [0.5, 0.6) is 0 Å². The van der Waals surface area contributed by atoms with Crippen LogP contribution >= 0.6 is 0 Å². The maximum atomic E-state index is 12.2. The van der Waals surface area contributed by atoms with Gasteiger partial charge in [0.15, 0.2) is 0 Å². The minimum Gasteiger partial charge on any atom is -0.376 e. The number of ether oxygens (including phenoxy) is 1. The largest absolute Gasteiger partial charge is 0.376 e. The minimum absolute atomic E-state index is 0.0626. The zero-order valence-electron chi connectivity index (χ0n) is 14.9. The highest BCUT2D eigenvalue weighted by Gasteiger charge is 2.17. The second kappa shape index (κ2) is 8.09. The van der Waals surface area contributed by atoms with E-state index in [0.717, 1.165) is 19.4 Å². The number of hydrogen-bond acceptors (Lipinski definition) is 5. The third kappa shape index (κ3) is 4.45. The summed E-state index contributed by atoms with van der Waals surface area (Å²) in [4.78, 5) is 32.3. The Morgan fingerprint density at radius 1 is 1.35 bits per heavy atom. The molecular weight excluding hydrogens is 334 g/mol. The predicted octanol–water partition coefficient (Wildman–Crippen LogP) is 1.77. The van der Waals surface area contributed by atoms with Gasteiger partial charge in [0.1, 0.15) is 17.8 Å². The van der Waals surface area contributed by atoms with Crippen LogP contribution in [0, 0.1) is 5.92 Å². The third-order valence-electron chi connectivity index (χ3n) is 4.13. The lowest BCUT2D eigenvalue weighted by molar-refractivity contribution is -0.118. The molecule has 1 aliphatic heterocycles. The van der Waals surface area contributed by atoms with Crippen molar-refractivity contribution in [1.82, 2.24) is 19.9 Å². The molecule has 0 unspecified atom stereocenters. The van der Waals surface area contributed by atoms with Crippen molar-refractivity contribution < 1.29 is 14.3 Å². The van der Waals surface area contributed by atoms with Gasteiger partial charge in [-0.2, -0.15) is 0 Å². The Hall–Kier alpha value is -2.74. The highest BCUT2D eigenvalue weighted by molar-refractivity contribution is 5.92. The van der Waals surface area contributed by atoms with E-state index in [9.17, 15) is 9.59 Å². The van der Waals surface area contributed by atoms with Gasteiger partial charge < -0.3 is 15.4 Å². The number of hydrogen-bond donors (Lipinski definition) is 2. The number of amides is 2. The van der Waals surface area contributed by atoms with Gasteiger partial charge in [-0.05, 0) is 25.0 Å². The van der Waals surface area contributed by atoms with E-state index in [-0.39, 0.29) is 23.8 Å². The maximum absolute atomic E-state index is 12.2. The summed E-state index contributed by atoms with van der Waals surface area (Å²) in [6.45, 7) is 4.91. The van der Waals surface area contributed by atoms with Gasteiger partial charge in [-0.15, -0.1) is 0 Å². The lowest BCUT2D eigenvalue weighted by Crippen LogP contribution is -2.31. The molecule has 3 heterocycles. The first-order valence-corrected chi connectivity index (χ1v) is 8.74. The quantitative estimate of drug-likeness (QED) is 0.821. The molecule has 0 bridgehead atoms. The SMILES string of the molecule is CC(C)C(=O)Nc1ccc(-n2cnc(C(=O)NC[C@@H]3CCCO3)c2)nc1. The van der Waals surface area contributed by atoms with Crippen molar-refractivity contribution in [2.75, 3.05) is 18.5 Å². The fourth-order valence-electron chi connectivity index (χ4n) is 2.57. The van der Waals surface area contributed by atoms with Crippen LogP contribution in [0.2, 0.25) is 0 Å². The molecule has 0 aliphatic carbocycles. The first-order valence-electron chi connectivity index (χ1n) is 8.74. The number of pyridine rings is 1. The van der Waals surface area contributed by atoms with Gasteiger partial charge in [0.05, 0.1) is 18.0 Å². The number of rotatable bonds is 6. The van der Waals surface area contributed by atoms with E-state index < -0.39 is 0 Å². The van der Waals surface area contributed by atoms with Gasteiger partial charge in [0, 0.05) is 25.3 Å². The average Bonchev–Trinajstić information content (AvgIpc) is 3.32. The first kappa shape index (κ1) is 18.1. The highest BCUT2D eigenvalue weighted by Crippen LogP contribution is 2.13. The molecule has 0 radical (unpaired) electrons. The summed E-state index contributed by atoms with van der Waals surface area (Å²) >= 11 is 0. The summed E-state index contributed by atoms with van der Waals surface area (Å²) in [5.41, 5.74) is 0.948. The number of carbonyl (C=O) groups excluding carboxylic acids is 2. The van der Waals surface area contributed by atoms with Crippen LogP contribution in [0.3, 0.4) is 0 Å². The summed E-state index contributed by atoms with van der Waals surface area (Å²) in [6.07, 6.45) is 6.84. The third-order valence-corrected chi connectivity index (χ3v) is 4.13. The maximum Gasteiger partial charge on any atom is 0.271 e. The first-order chi connectivity index (χ1) is 12.5. The molecule has 1 saturated heterocycles. The molecule has 0 saturated carbocycles. The summed E-state index contributed by atoms with van der Waals surface area (Å²) in [5.74, 6) is 0.213. The standard InChI is InChI=1S/C18H23N5O3/c1-12(2)17(24)22-13-5-6-16(19-8-13)23-10-15(21-11-23)18(25)20-9-14-4-3-7-26-14/h5-6,8,10-12,14H,3-4,7,9H2,1-2H3,(H,20,25)(H,22,24)/t14-/m0/s1. The van der Waals surface area contributed by atoms with Crippen LogP contribution in [-0.4, -0.2) is 45.6 Å². The molecule has 0 spiro atoms. The molecule has 3 rings (SSSR count). The van der Waals surface area contributed by atoms with Crippen LogP contribution in [0.1, 0.15) is 37.2 Å². The molecule has 1 atom stereocenters. The van der Waals surface area contributed by atoms with Crippen LogP contribution < -0.4 is 10.6 Å². The Labute approximate surface area is 152 Å². The van der Waals surface area contributed by atoms with Crippen LogP contribution in [0.15, 0.2) is 30.9 Å². The number of nitrogens with one attached hydrogen (secondary N) is 2. The normalized spacial score (nSPS) is 16.7. The van der Waals surface area contributed by atoms with Crippen molar-refractivity contribution in [2.45, 2.75) is 32.8 Å². The van der Waals surface area contributed by atoms with Gasteiger partial charge in [-0.25, -0.2) is 9.97 Å². The van der Waals surface area contributed by atoms with E-state index in [1.165, 1.54) is 6.33 Å². The fourth-order valence-corrected chi connectivity index (χ4v) is 2.57. The average molecular weight is 357 g/mol. The van der Waals surface area contributed by atoms with Gasteiger partial charge in [0.2, 0.25) is 5.91 Å². The number of nitrogens with zero attached hydrogens (tertiary/aromatic N) is 3. The van der Waals surface area contributed by atoms with Gasteiger partial charge in [-0.3, -0.25) is 14.2 Å². The molecule has 138 valence electrons. The molecule has 2 amide bonds. The Kier molecular flexibility index (Phi) is 5.62. The Balaban J connectivity index is 1.59. The molecule has 1 fully saturated rings. The Morgan fingerprint density at radius 3 is 2.85 bits per heavy atom. The molecule has 26 heavy (non-hydrogen) atoms. The van der Waals surface area contributed by atoms with Crippen molar-refractivity contribution in [1.29, 1.82) is 0 Å². The summed E-state index contributed by atoms with van der Waals surface area (Å²) < 4.78 is 7.15. The van der Waals surface area contributed by atoms with Crippen molar-refractivity contribution in [3.05, 3.63) is 36.5 Å². The number of anilines is 1. The lowest BCUT2D eigenvalue weighted by Gasteiger charge is -2.09. The van der Waals surface area contributed by atoms with E-state index >= 15 is 0 Å². The second-order valence-corrected chi connectivity index (χ2v) is 6.56. The van der Waals surface area contributed by atoms with E-state index in [0.29, 0.717) is 23.7 Å². The number of aromatic nitrogens is 3. The Bertz CT molecular complexity index is 763. The molecule has 8 nitrogen and oxygen atoms in total. The molecular formula is C18H23N5O3. The predicted molar refractivity (Wildman–Crippen MR) is 96.1 cm³/mol. The van der Waals surface area contributed by atoms with Gasteiger partial charge >= 0.3 is 0 Å². The molecule has 2 aromatic heterocycles. The van der Waals surface area contributed by atoms with E-state index in [1.807, 2.05) is 13.8 Å². The van der Waals surface area contributed by atoms with Gasteiger partial charge in [0.25, 0.3) is 5.91 Å². The number of imidazole rings is 1. The molecule has 2 aromatic rings. The van der Waals surface area contributed by atoms with Crippen LogP contribution in [0.25, 0.3) is 5.82 Å². The second-order valence-electron chi connectivity index (χ2n) is 6.56. The van der Waals surface area contributed by atoms with Crippen molar-refractivity contribution in [2.24, 2.45) is 5.92 Å². The molecule has 1 aliphatic rings. The Morgan fingerprint density at radius 2 is 2.19 bits per heavy atom. The molecule has 0 aromatic carbocycles. The fraction of sp³-hybridized carbons (Fsp3) is 0.444. The zero-order valence-corrected chi connectivity index (χ0v) is 14.9. The molecule has 2 N–H and O–H groups in total. The lowest BCUT2D eigenvalue weighted by atomic mass is 10.2. The summed E-state index contributed by atoms with van der Waals surface area (Å²) in [6, 6.07) is 3.52. The van der Waals surface area contributed by atoms with E-state index in [2.05, 4.69) is 20.6 Å². The summed E-state index contributed by atoms with van der Waals surface area (Å²) in [5, 5.41) is 5.62. The van der Waals surface area contributed by atoms with Crippen LogP contribution in [0.4, 0.5) is 5.69 Å². The van der Waals surface area contributed by atoms with Crippen molar-refractivity contribution in [3.8, 4) is 5.82 Å². The van der Waals surface area contributed by atoms with E-state index in [1.54, 1.807) is 29.1 Å². The van der Waals surface area contributed by atoms with Crippen LogP contribution in [-0.2, 0) is 9.53 Å². The highest BCUT2D eigenvalue weighted by atomic mass is 16.5. The molecule has 8 heteroatoms. The topological polar surface area (TPSA) is 98.1 Å². The van der Waals surface area contributed by atoms with E-state index in [4.69, 9.17) is 4.74 Å². The van der Waals surface area contributed by atoms with Crippen molar-refractivity contribution >= 4 is 17.5 Å².